The fourth-order valence-electron chi connectivity index (χ4n) is 5.33. The van der Waals surface area contributed by atoms with Crippen molar-refractivity contribution in [3.05, 3.63) is 58.6 Å². The van der Waals surface area contributed by atoms with Crippen molar-refractivity contribution in [2.75, 3.05) is 13.2 Å². The number of pyridine rings is 3. The van der Waals surface area contributed by atoms with Crippen LogP contribution in [0.2, 0.25) is 0 Å². The summed E-state index contributed by atoms with van der Waals surface area (Å²) < 4.78 is 13.8. The highest BCUT2D eigenvalue weighted by Gasteiger charge is 2.49. The topological polar surface area (TPSA) is 117 Å². The van der Waals surface area contributed by atoms with Gasteiger partial charge in [-0.3, -0.25) is 9.36 Å². The lowest BCUT2D eigenvalue weighted by molar-refractivity contribution is -0.167. The number of aromatic nitrogens is 3. The van der Waals surface area contributed by atoms with E-state index >= 15 is 0 Å². The average Bonchev–Trinajstić information content (AvgIpc) is 2.88. The predicted octanol–water partition coefficient (Wildman–Crippen LogP) is 2.43. The van der Waals surface area contributed by atoms with Crippen LogP contribution in [0.3, 0.4) is 0 Å². The Morgan fingerprint density at radius 2 is 2.00 bits per heavy atom. The van der Waals surface area contributed by atoms with Gasteiger partial charge >= 0.3 is 0 Å². The smallest absolute Gasteiger partial charge is 0.252 e. The molecule has 6 heterocycles. The van der Waals surface area contributed by atoms with E-state index in [9.17, 15) is 4.79 Å². The third-order valence-electron chi connectivity index (χ3n) is 7.47. The van der Waals surface area contributed by atoms with E-state index in [1.807, 2.05) is 30.3 Å². The summed E-state index contributed by atoms with van der Waals surface area (Å²) in [6, 6.07) is 11.2. The highest BCUT2D eigenvalue weighted by atomic mass is 16.5. The fourth-order valence-corrected chi connectivity index (χ4v) is 5.33. The molecule has 0 atom stereocenters. The van der Waals surface area contributed by atoms with Crippen LogP contribution >= 0.6 is 0 Å². The zero-order valence-corrected chi connectivity index (χ0v) is 19.0. The second-order valence-corrected chi connectivity index (χ2v) is 9.61. The first-order valence-electron chi connectivity index (χ1n) is 11.8. The minimum atomic E-state index is -0.173. The first-order chi connectivity index (χ1) is 16.5. The van der Waals surface area contributed by atoms with Crippen LogP contribution in [0.25, 0.3) is 11.0 Å². The SMILES string of the molecule is NC1=Nc2nc(CNC34CCC(CCn5c(=O)ccc6cccnc65)(CC3)OC4)ccc2OC1. The van der Waals surface area contributed by atoms with Gasteiger partial charge in [0, 0.05) is 36.3 Å². The minimum absolute atomic E-state index is 0.0146. The first kappa shape index (κ1) is 21.2. The van der Waals surface area contributed by atoms with Crippen molar-refractivity contribution in [3.8, 4) is 5.75 Å². The van der Waals surface area contributed by atoms with E-state index in [-0.39, 0.29) is 16.7 Å². The van der Waals surface area contributed by atoms with Gasteiger partial charge < -0.3 is 20.5 Å². The number of fused-ring (bicyclic) bond motifs is 5. The summed E-state index contributed by atoms with van der Waals surface area (Å²) in [6.45, 7) is 2.21. The Balaban J connectivity index is 1.10. The van der Waals surface area contributed by atoms with Crippen LogP contribution in [0.5, 0.6) is 5.75 Å². The second kappa shape index (κ2) is 8.18. The molecular formula is C25H28N6O3. The van der Waals surface area contributed by atoms with E-state index in [4.69, 9.17) is 15.2 Å². The van der Waals surface area contributed by atoms with Gasteiger partial charge in [0.1, 0.15) is 18.1 Å². The Morgan fingerprint density at radius 1 is 1.12 bits per heavy atom. The number of hydrogen-bond donors (Lipinski definition) is 2. The standard InChI is InChI=1S/C25H28N6O3/c26-20-15-33-19-5-4-18(29-22(19)30-20)14-28-24-7-9-25(10-8-24,34-16-24)11-13-31-21(32)6-3-17-2-1-12-27-23(17)31/h1-6,12,28H,7-11,13-16H2,(H2,26,29,30). The van der Waals surface area contributed by atoms with Crippen molar-refractivity contribution in [1.29, 1.82) is 0 Å². The monoisotopic (exact) mass is 460 g/mol. The number of hydrogen-bond acceptors (Lipinski definition) is 8. The lowest BCUT2D eigenvalue weighted by atomic mass is 9.70. The summed E-state index contributed by atoms with van der Waals surface area (Å²) in [7, 11) is 0. The molecule has 3 N–H and O–H groups in total. The molecule has 3 aliphatic heterocycles. The number of nitrogens with one attached hydrogen (secondary N) is 1. The zero-order chi connectivity index (χ0) is 23.2. The number of nitrogens with two attached hydrogens (primary N) is 1. The fraction of sp³-hybridized carbons (Fsp3) is 0.440. The minimum Gasteiger partial charge on any atom is -0.482 e. The molecule has 0 amide bonds. The molecule has 2 saturated heterocycles. The highest BCUT2D eigenvalue weighted by molar-refractivity contribution is 5.86. The third-order valence-corrected chi connectivity index (χ3v) is 7.47. The van der Waals surface area contributed by atoms with Crippen LogP contribution in [0.15, 0.2) is 52.4 Å². The molecule has 4 aliphatic rings. The number of rotatable bonds is 6. The van der Waals surface area contributed by atoms with Crippen LogP contribution in [0.1, 0.15) is 37.8 Å². The third kappa shape index (κ3) is 3.84. The van der Waals surface area contributed by atoms with Crippen LogP contribution in [-0.2, 0) is 17.8 Å². The van der Waals surface area contributed by atoms with Gasteiger partial charge in [-0.1, -0.05) is 0 Å². The molecule has 0 spiro atoms. The normalized spacial score (nSPS) is 25.6. The predicted molar refractivity (Wildman–Crippen MR) is 128 cm³/mol. The summed E-state index contributed by atoms with van der Waals surface area (Å²) in [5.74, 6) is 1.65. The summed E-state index contributed by atoms with van der Waals surface area (Å²) in [4.78, 5) is 25.9. The van der Waals surface area contributed by atoms with E-state index < -0.39 is 0 Å². The second-order valence-electron chi connectivity index (χ2n) is 9.61. The molecule has 2 bridgehead atoms. The Kier molecular flexibility index (Phi) is 5.11. The number of nitrogens with zero attached hydrogens (tertiary/aromatic N) is 4. The summed E-state index contributed by atoms with van der Waals surface area (Å²) in [6.07, 6.45) is 6.56. The summed E-state index contributed by atoms with van der Waals surface area (Å²) in [5.41, 5.74) is 7.19. The van der Waals surface area contributed by atoms with Crippen molar-refractivity contribution < 1.29 is 9.47 Å². The molecule has 0 aromatic carbocycles. The van der Waals surface area contributed by atoms with Gasteiger partial charge in [0.25, 0.3) is 5.56 Å². The van der Waals surface area contributed by atoms with Crippen LogP contribution in [0, 0.1) is 0 Å². The Labute approximate surface area is 197 Å². The van der Waals surface area contributed by atoms with Crippen LogP contribution < -0.4 is 21.3 Å². The van der Waals surface area contributed by atoms with Gasteiger partial charge in [0.05, 0.1) is 17.9 Å². The van der Waals surface area contributed by atoms with Crippen molar-refractivity contribution in [3.63, 3.8) is 0 Å². The van der Waals surface area contributed by atoms with Crippen LogP contribution in [0.4, 0.5) is 5.82 Å². The highest BCUT2D eigenvalue weighted by Crippen LogP contribution is 2.45. The molecule has 3 aromatic rings. The quantitative estimate of drug-likeness (QED) is 0.580. The van der Waals surface area contributed by atoms with Gasteiger partial charge in [0.15, 0.2) is 11.6 Å². The number of amidine groups is 1. The average molecular weight is 461 g/mol. The number of aliphatic imine (C=N–C) groups is 1. The first-order valence-corrected chi connectivity index (χ1v) is 11.8. The van der Waals surface area contributed by atoms with Gasteiger partial charge in [-0.2, -0.15) is 0 Å². The molecule has 3 fully saturated rings. The maximum Gasteiger partial charge on any atom is 0.252 e. The maximum absolute atomic E-state index is 12.5. The van der Waals surface area contributed by atoms with E-state index in [0.717, 1.165) is 48.8 Å². The molecule has 0 radical (unpaired) electrons. The molecule has 34 heavy (non-hydrogen) atoms. The van der Waals surface area contributed by atoms with E-state index in [0.29, 0.717) is 43.7 Å². The molecule has 9 heteroatoms. The molecule has 9 nitrogen and oxygen atoms in total. The van der Waals surface area contributed by atoms with Gasteiger partial charge in [0.2, 0.25) is 0 Å². The molecule has 3 aromatic heterocycles. The molecular weight excluding hydrogens is 432 g/mol. The molecule has 176 valence electrons. The summed E-state index contributed by atoms with van der Waals surface area (Å²) >= 11 is 0. The van der Waals surface area contributed by atoms with Gasteiger partial charge in [-0.05, 0) is 62.4 Å². The lowest BCUT2D eigenvalue weighted by Crippen LogP contribution is -2.61. The Bertz CT molecular complexity index is 1310. The molecule has 0 unspecified atom stereocenters. The van der Waals surface area contributed by atoms with Crippen molar-refractivity contribution in [1.82, 2.24) is 19.9 Å². The van der Waals surface area contributed by atoms with Crippen molar-refractivity contribution >= 4 is 22.7 Å². The van der Waals surface area contributed by atoms with Gasteiger partial charge in [-0.25, -0.2) is 15.0 Å². The van der Waals surface area contributed by atoms with E-state index in [2.05, 4.69) is 20.3 Å². The van der Waals surface area contributed by atoms with Gasteiger partial charge in [-0.15, -0.1) is 0 Å². The van der Waals surface area contributed by atoms with Crippen molar-refractivity contribution in [2.45, 2.75) is 56.3 Å². The molecule has 7 rings (SSSR count). The van der Waals surface area contributed by atoms with Crippen molar-refractivity contribution in [2.24, 2.45) is 10.7 Å². The molecule has 1 saturated carbocycles. The maximum atomic E-state index is 12.5. The van der Waals surface area contributed by atoms with Crippen LogP contribution in [-0.4, -0.2) is 44.7 Å². The van der Waals surface area contributed by atoms with E-state index in [1.54, 1.807) is 16.8 Å². The zero-order valence-electron chi connectivity index (χ0n) is 19.0. The Hall–Kier alpha value is -3.30. The largest absolute Gasteiger partial charge is 0.482 e. The summed E-state index contributed by atoms with van der Waals surface area (Å²) in [5, 5.41) is 4.69. The Morgan fingerprint density at radius 3 is 2.82 bits per heavy atom. The lowest BCUT2D eigenvalue weighted by Gasteiger charge is -2.53. The van der Waals surface area contributed by atoms with E-state index in [1.165, 1.54) is 0 Å². The molecule has 1 aliphatic carbocycles. The number of aryl methyl sites for hydroxylation is 1. The number of ether oxygens (including phenoxy) is 2.